The lowest BCUT2D eigenvalue weighted by molar-refractivity contribution is -0.139. The summed E-state index contributed by atoms with van der Waals surface area (Å²) in [7, 11) is 0. The van der Waals surface area contributed by atoms with Gasteiger partial charge in [0.25, 0.3) is 0 Å². The molecule has 0 rings (SSSR count). The van der Waals surface area contributed by atoms with Gasteiger partial charge in [0.1, 0.15) is 0 Å². The molecule has 0 aromatic heterocycles. The highest BCUT2D eigenvalue weighted by atomic mass is 16.5. The van der Waals surface area contributed by atoms with Crippen molar-refractivity contribution in [3.63, 3.8) is 0 Å². The average Bonchev–Trinajstić information content (AvgIpc) is 2.48. The Morgan fingerprint density at radius 1 is 0.864 bits per heavy atom. The van der Waals surface area contributed by atoms with E-state index in [0.717, 1.165) is 25.7 Å². The molecule has 0 aliphatic carbocycles. The topological polar surface area (TPSA) is 69.4 Å². The smallest absolute Gasteiger partial charge is 0.334 e. The van der Waals surface area contributed by atoms with E-state index in [4.69, 9.17) is 10.5 Å². The van der Waals surface area contributed by atoms with Gasteiger partial charge in [-0.2, -0.15) is 0 Å². The van der Waals surface area contributed by atoms with Gasteiger partial charge in [-0.1, -0.05) is 65.2 Å². The minimum Gasteiger partial charge on any atom is -0.462 e. The van der Waals surface area contributed by atoms with Crippen molar-refractivity contribution in [2.24, 2.45) is 5.73 Å². The van der Waals surface area contributed by atoms with Crippen molar-refractivity contribution in [3.05, 3.63) is 11.6 Å². The van der Waals surface area contributed by atoms with Crippen LogP contribution in [0.3, 0.4) is 0 Å². The van der Waals surface area contributed by atoms with Crippen molar-refractivity contribution in [2.45, 2.75) is 84.5 Å². The summed E-state index contributed by atoms with van der Waals surface area (Å²) in [5, 5.41) is 0. The monoisotopic (exact) mass is 311 g/mol. The van der Waals surface area contributed by atoms with Crippen LogP contribution < -0.4 is 5.73 Å². The summed E-state index contributed by atoms with van der Waals surface area (Å²) in [5.74, 6) is -0.975. The number of esters is 1. The first kappa shape index (κ1) is 20.7. The number of carbonyl (C=O) groups excluding carboxylic acids is 2. The molecule has 0 aromatic rings. The first-order valence-electron chi connectivity index (χ1n) is 8.78. The molecular formula is C18H33NO3. The van der Waals surface area contributed by atoms with Crippen molar-refractivity contribution in [1.82, 2.24) is 0 Å². The molecule has 0 unspecified atom stereocenters. The van der Waals surface area contributed by atoms with E-state index < -0.39 is 11.9 Å². The van der Waals surface area contributed by atoms with E-state index in [-0.39, 0.29) is 0 Å². The molecule has 128 valence electrons. The molecule has 4 heteroatoms. The number of amides is 1. The third-order valence-corrected chi connectivity index (χ3v) is 3.61. The lowest BCUT2D eigenvalue weighted by Gasteiger charge is -2.08. The predicted octanol–water partition coefficient (Wildman–Crippen LogP) is 4.27. The molecule has 0 saturated carbocycles. The molecule has 22 heavy (non-hydrogen) atoms. The number of rotatable bonds is 14. The van der Waals surface area contributed by atoms with Gasteiger partial charge in [-0.25, -0.2) is 4.79 Å². The van der Waals surface area contributed by atoms with Gasteiger partial charge < -0.3 is 10.5 Å². The Kier molecular flexibility index (Phi) is 13.7. The maximum absolute atomic E-state index is 11.9. The van der Waals surface area contributed by atoms with Crippen LogP contribution in [0.15, 0.2) is 11.6 Å². The predicted molar refractivity (Wildman–Crippen MR) is 90.4 cm³/mol. The van der Waals surface area contributed by atoms with Gasteiger partial charge in [0.2, 0.25) is 5.91 Å². The highest BCUT2D eigenvalue weighted by molar-refractivity contribution is 5.97. The fourth-order valence-electron chi connectivity index (χ4n) is 2.26. The second kappa shape index (κ2) is 14.6. The fraction of sp³-hybridized carbons (Fsp3) is 0.778. The van der Waals surface area contributed by atoms with Gasteiger partial charge in [0.15, 0.2) is 0 Å². The van der Waals surface area contributed by atoms with Crippen molar-refractivity contribution in [2.75, 3.05) is 6.61 Å². The van der Waals surface area contributed by atoms with Crippen molar-refractivity contribution in [1.29, 1.82) is 0 Å². The summed E-state index contributed by atoms with van der Waals surface area (Å²) in [6.07, 6.45) is 13.2. The maximum Gasteiger partial charge on any atom is 0.334 e. The number of ether oxygens (including phenoxy) is 1. The number of hydrogen-bond acceptors (Lipinski definition) is 3. The van der Waals surface area contributed by atoms with Crippen LogP contribution >= 0.6 is 0 Å². The molecule has 2 N–H and O–H groups in total. The van der Waals surface area contributed by atoms with Gasteiger partial charge in [-0.05, 0) is 19.3 Å². The lowest BCUT2D eigenvalue weighted by Crippen LogP contribution is -2.14. The molecule has 0 radical (unpaired) electrons. The highest BCUT2D eigenvalue weighted by Gasteiger charge is 2.11. The van der Waals surface area contributed by atoms with E-state index in [1.807, 2.05) is 6.92 Å². The Hall–Kier alpha value is -1.32. The molecule has 0 fully saturated rings. The minimum atomic E-state index is -0.581. The molecule has 0 saturated heterocycles. The fourth-order valence-corrected chi connectivity index (χ4v) is 2.26. The van der Waals surface area contributed by atoms with Gasteiger partial charge >= 0.3 is 5.97 Å². The molecule has 0 aliphatic heterocycles. The molecule has 0 spiro atoms. The largest absolute Gasteiger partial charge is 0.462 e. The van der Waals surface area contributed by atoms with Crippen LogP contribution in [-0.4, -0.2) is 18.5 Å². The van der Waals surface area contributed by atoms with Crippen molar-refractivity contribution >= 4 is 11.9 Å². The Balaban J connectivity index is 3.96. The van der Waals surface area contributed by atoms with E-state index in [1.165, 1.54) is 44.6 Å². The van der Waals surface area contributed by atoms with Crippen LogP contribution in [0.5, 0.6) is 0 Å². The number of hydrogen-bond donors (Lipinski definition) is 1. The van der Waals surface area contributed by atoms with Crippen LogP contribution in [0.2, 0.25) is 0 Å². The molecule has 0 atom stereocenters. The SMILES string of the molecule is CCCCCCCCCCC(=CC(N)=O)C(=O)OCCCC. The van der Waals surface area contributed by atoms with Gasteiger partial charge in [-0.3, -0.25) is 4.79 Å². The van der Waals surface area contributed by atoms with Gasteiger partial charge in [0.05, 0.1) is 6.61 Å². The molecule has 0 bridgehead atoms. The Labute approximate surface area is 135 Å². The standard InChI is InChI=1S/C18H33NO3/c1-3-5-7-8-9-10-11-12-13-16(15-17(19)20)18(21)22-14-6-4-2/h15H,3-14H2,1-2H3,(H2,19,20). The van der Waals surface area contributed by atoms with Crippen LogP contribution in [0, 0.1) is 0 Å². The first-order chi connectivity index (χ1) is 10.6. The van der Waals surface area contributed by atoms with E-state index in [2.05, 4.69) is 6.92 Å². The number of unbranched alkanes of at least 4 members (excludes halogenated alkanes) is 8. The van der Waals surface area contributed by atoms with Crippen LogP contribution in [0.1, 0.15) is 84.5 Å². The quantitative estimate of drug-likeness (QED) is 0.296. The van der Waals surface area contributed by atoms with Crippen LogP contribution in [0.25, 0.3) is 0 Å². The zero-order valence-electron chi connectivity index (χ0n) is 14.4. The summed E-state index contributed by atoms with van der Waals surface area (Å²) in [4.78, 5) is 22.9. The Morgan fingerprint density at radius 3 is 1.95 bits per heavy atom. The Bertz CT molecular complexity index is 337. The molecule has 0 aliphatic rings. The maximum atomic E-state index is 11.9. The second-order valence-electron chi connectivity index (χ2n) is 5.79. The van der Waals surface area contributed by atoms with Gasteiger partial charge in [0, 0.05) is 11.6 Å². The van der Waals surface area contributed by atoms with E-state index in [9.17, 15) is 9.59 Å². The molecule has 0 aromatic carbocycles. The normalized spacial score (nSPS) is 11.5. The third-order valence-electron chi connectivity index (χ3n) is 3.61. The summed E-state index contributed by atoms with van der Waals surface area (Å²) >= 11 is 0. The average molecular weight is 311 g/mol. The van der Waals surface area contributed by atoms with Crippen LogP contribution in [0.4, 0.5) is 0 Å². The number of nitrogens with two attached hydrogens (primary N) is 1. The number of primary amides is 1. The second-order valence-corrected chi connectivity index (χ2v) is 5.79. The summed E-state index contributed by atoms with van der Waals surface area (Å²) in [6, 6.07) is 0. The van der Waals surface area contributed by atoms with E-state index in [1.54, 1.807) is 0 Å². The van der Waals surface area contributed by atoms with E-state index in [0.29, 0.717) is 18.6 Å². The summed E-state index contributed by atoms with van der Waals surface area (Å²) in [5.41, 5.74) is 5.57. The van der Waals surface area contributed by atoms with Crippen LogP contribution in [-0.2, 0) is 14.3 Å². The van der Waals surface area contributed by atoms with E-state index >= 15 is 0 Å². The third kappa shape index (κ3) is 12.4. The lowest BCUT2D eigenvalue weighted by atomic mass is 10.0. The van der Waals surface area contributed by atoms with Gasteiger partial charge in [-0.15, -0.1) is 0 Å². The molecule has 1 amide bonds. The highest BCUT2D eigenvalue weighted by Crippen LogP contribution is 2.14. The zero-order chi connectivity index (χ0) is 16.6. The zero-order valence-corrected chi connectivity index (χ0v) is 14.4. The molecule has 0 heterocycles. The first-order valence-corrected chi connectivity index (χ1v) is 8.78. The molecular weight excluding hydrogens is 278 g/mol. The van der Waals surface area contributed by atoms with Crippen molar-refractivity contribution in [3.8, 4) is 0 Å². The number of carbonyl (C=O) groups is 2. The summed E-state index contributed by atoms with van der Waals surface area (Å²) < 4.78 is 5.15. The Morgan fingerprint density at radius 2 is 1.41 bits per heavy atom. The summed E-state index contributed by atoms with van der Waals surface area (Å²) in [6.45, 7) is 4.66. The minimum absolute atomic E-state index is 0.393. The van der Waals surface area contributed by atoms with Crippen molar-refractivity contribution < 1.29 is 14.3 Å². The molecule has 4 nitrogen and oxygen atoms in total.